The molecule has 0 aliphatic rings. The molecule has 4 aromatic rings. The number of sulfonamides is 1. The van der Waals surface area contributed by atoms with Gasteiger partial charge in [-0.1, -0.05) is 46.4 Å². The molecule has 0 aliphatic heterocycles. The molecule has 37 heavy (non-hydrogen) atoms. The predicted octanol–water partition coefficient (Wildman–Crippen LogP) is 5.65. The van der Waals surface area contributed by atoms with Crippen molar-refractivity contribution in [2.45, 2.75) is 10.4 Å². The fourth-order valence-corrected chi connectivity index (χ4v) is 4.25. The predicted molar refractivity (Wildman–Crippen MR) is 144 cm³/mol. The minimum absolute atomic E-state index is 0.0322. The summed E-state index contributed by atoms with van der Waals surface area (Å²) < 4.78 is 36.5. The number of alkyl halides is 3. The van der Waals surface area contributed by atoms with E-state index in [1.165, 1.54) is 6.20 Å². The molecule has 1 N–H and O–H groups in total. The van der Waals surface area contributed by atoms with E-state index >= 15 is 0 Å². The first-order valence-electron chi connectivity index (χ1n) is 10.4. The number of nitrogens with one attached hydrogen (secondary N) is 1. The summed E-state index contributed by atoms with van der Waals surface area (Å²) in [5, 5.41) is 10.7. The van der Waals surface area contributed by atoms with E-state index in [9.17, 15) is 13.7 Å². The molecule has 9 nitrogen and oxygen atoms in total. The van der Waals surface area contributed by atoms with Crippen LogP contribution in [-0.4, -0.2) is 39.6 Å². The van der Waals surface area contributed by atoms with Gasteiger partial charge in [0.25, 0.3) is 0 Å². The Hall–Kier alpha value is -2.94. The second-order valence-electron chi connectivity index (χ2n) is 7.76. The molecule has 0 radical (unpaired) electrons. The second-order valence-corrected chi connectivity index (χ2v) is 12.4. The van der Waals surface area contributed by atoms with Gasteiger partial charge in [0.1, 0.15) is 25.0 Å². The Kier molecular flexibility index (Phi) is 7.92. The largest absolute Gasteiger partial charge is 0.487 e. The van der Waals surface area contributed by atoms with Gasteiger partial charge in [-0.2, -0.15) is 5.26 Å². The molecule has 2 aromatic heterocycles. The topological polar surface area (TPSA) is 119 Å². The van der Waals surface area contributed by atoms with E-state index in [2.05, 4.69) is 20.8 Å². The summed E-state index contributed by atoms with van der Waals surface area (Å²) in [7, 11) is -3.49. The SMILES string of the molecule is CS(=O)(=O)Nc1nccc(COc2ccc3c(ccn3-c3cc(Cl)c(OCC(Cl)(Cl)Cl)c(C#N)c3)c2)n1. The van der Waals surface area contributed by atoms with Crippen LogP contribution in [0.4, 0.5) is 5.95 Å². The van der Waals surface area contributed by atoms with Crippen LogP contribution in [0.15, 0.2) is 54.9 Å². The van der Waals surface area contributed by atoms with Crippen molar-refractivity contribution in [1.82, 2.24) is 14.5 Å². The van der Waals surface area contributed by atoms with Crippen molar-refractivity contribution in [3.8, 4) is 23.3 Å². The van der Waals surface area contributed by atoms with Gasteiger partial charge in [0.05, 0.1) is 28.1 Å². The summed E-state index contributed by atoms with van der Waals surface area (Å²) in [6, 6.07) is 14.3. The third kappa shape index (κ3) is 7.09. The van der Waals surface area contributed by atoms with Crippen LogP contribution in [-0.2, 0) is 16.6 Å². The Morgan fingerprint density at radius 2 is 1.92 bits per heavy atom. The Bertz CT molecular complexity index is 1610. The lowest BCUT2D eigenvalue weighted by molar-refractivity contribution is 0.301. The number of hydrogen-bond donors (Lipinski definition) is 1. The van der Waals surface area contributed by atoms with Crippen molar-refractivity contribution in [2.75, 3.05) is 17.6 Å². The number of ether oxygens (including phenoxy) is 2. The summed E-state index contributed by atoms with van der Waals surface area (Å²) >= 11 is 23.6. The molecule has 2 heterocycles. The van der Waals surface area contributed by atoms with Crippen molar-refractivity contribution in [3.05, 3.63) is 71.1 Å². The zero-order chi connectivity index (χ0) is 26.8. The molecule has 0 saturated carbocycles. The van der Waals surface area contributed by atoms with Gasteiger partial charge in [0.15, 0.2) is 5.75 Å². The third-order valence-corrected chi connectivity index (χ3v) is 6.01. The van der Waals surface area contributed by atoms with Crippen molar-refractivity contribution >= 4 is 73.3 Å². The van der Waals surface area contributed by atoms with Crippen LogP contribution < -0.4 is 14.2 Å². The molecule has 0 bridgehead atoms. The van der Waals surface area contributed by atoms with Crippen molar-refractivity contribution in [1.29, 1.82) is 5.26 Å². The maximum Gasteiger partial charge on any atom is 0.236 e. The molecular weight excluding hydrogens is 584 g/mol. The highest BCUT2D eigenvalue weighted by Crippen LogP contribution is 2.35. The number of anilines is 1. The van der Waals surface area contributed by atoms with Gasteiger partial charge in [0.2, 0.25) is 19.8 Å². The molecule has 192 valence electrons. The van der Waals surface area contributed by atoms with Gasteiger partial charge in [-0.05, 0) is 42.5 Å². The van der Waals surface area contributed by atoms with Gasteiger partial charge in [-0.25, -0.2) is 18.4 Å². The molecule has 0 unspecified atom stereocenters. The lowest BCUT2D eigenvalue weighted by Gasteiger charge is -2.16. The van der Waals surface area contributed by atoms with Crippen LogP contribution in [0.3, 0.4) is 0 Å². The van der Waals surface area contributed by atoms with Crippen LogP contribution in [0, 0.1) is 11.3 Å². The van der Waals surface area contributed by atoms with E-state index in [-0.39, 0.29) is 35.5 Å². The molecule has 0 spiro atoms. The standard InChI is InChI=1S/C23H17Cl4N5O4S/c1-37(33,34)31-22-29-6-4-16(30-22)12-35-18-2-3-20-14(9-18)5-7-32(20)17-8-15(11-28)21(19(24)10-17)36-13-23(25,26)27/h2-10H,12-13H2,1H3,(H,29,30,31). The van der Waals surface area contributed by atoms with Gasteiger partial charge in [0, 0.05) is 23.5 Å². The summed E-state index contributed by atoms with van der Waals surface area (Å²) in [6.07, 6.45) is 4.29. The van der Waals surface area contributed by atoms with E-state index in [0.29, 0.717) is 17.1 Å². The van der Waals surface area contributed by atoms with Crippen molar-refractivity contribution < 1.29 is 17.9 Å². The van der Waals surface area contributed by atoms with E-state index < -0.39 is 13.8 Å². The Labute approximate surface area is 232 Å². The zero-order valence-corrected chi connectivity index (χ0v) is 22.8. The quantitative estimate of drug-likeness (QED) is 0.260. The summed E-state index contributed by atoms with van der Waals surface area (Å²) in [5.74, 6) is 0.675. The van der Waals surface area contributed by atoms with Crippen LogP contribution in [0.25, 0.3) is 16.6 Å². The minimum Gasteiger partial charge on any atom is -0.487 e. The van der Waals surface area contributed by atoms with Gasteiger partial charge in [-0.15, -0.1) is 0 Å². The average molecular weight is 601 g/mol. The van der Waals surface area contributed by atoms with E-state index in [1.807, 2.05) is 29.0 Å². The number of benzene rings is 2. The summed E-state index contributed by atoms with van der Waals surface area (Å²) in [4.78, 5) is 8.02. The van der Waals surface area contributed by atoms with Crippen molar-refractivity contribution in [2.24, 2.45) is 0 Å². The number of nitriles is 1. The molecular formula is C23H17Cl4N5O4S. The molecule has 4 rings (SSSR count). The first-order valence-corrected chi connectivity index (χ1v) is 13.8. The number of nitrogens with zero attached hydrogens (tertiary/aromatic N) is 4. The molecule has 2 aromatic carbocycles. The first kappa shape index (κ1) is 27.1. The van der Waals surface area contributed by atoms with Gasteiger partial charge < -0.3 is 14.0 Å². The highest BCUT2D eigenvalue weighted by atomic mass is 35.6. The Morgan fingerprint density at radius 1 is 1.14 bits per heavy atom. The minimum atomic E-state index is -3.49. The molecule has 0 amide bonds. The summed E-state index contributed by atoms with van der Waals surface area (Å²) in [5.41, 5.74) is 2.16. The number of aromatic nitrogens is 3. The lowest BCUT2D eigenvalue weighted by Crippen LogP contribution is -2.16. The average Bonchev–Trinajstić information content (AvgIpc) is 3.23. The monoisotopic (exact) mass is 599 g/mol. The van der Waals surface area contributed by atoms with Crippen LogP contribution in [0.2, 0.25) is 5.02 Å². The zero-order valence-electron chi connectivity index (χ0n) is 19.0. The molecule has 0 atom stereocenters. The van der Waals surface area contributed by atoms with Gasteiger partial charge in [-0.3, -0.25) is 4.72 Å². The van der Waals surface area contributed by atoms with E-state index in [4.69, 9.17) is 55.9 Å². The smallest absolute Gasteiger partial charge is 0.236 e. The highest BCUT2D eigenvalue weighted by molar-refractivity contribution is 7.91. The van der Waals surface area contributed by atoms with Crippen LogP contribution in [0.5, 0.6) is 11.5 Å². The number of fused-ring (bicyclic) bond motifs is 1. The highest BCUT2D eigenvalue weighted by Gasteiger charge is 2.23. The fourth-order valence-electron chi connectivity index (χ4n) is 3.39. The maximum absolute atomic E-state index is 11.4. The van der Waals surface area contributed by atoms with Crippen LogP contribution >= 0.6 is 46.4 Å². The maximum atomic E-state index is 11.4. The van der Waals surface area contributed by atoms with E-state index in [0.717, 1.165) is 17.2 Å². The second kappa shape index (κ2) is 10.8. The number of hydrogen-bond acceptors (Lipinski definition) is 7. The molecule has 0 fully saturated rings. The summed E-state index contributed by atoms with van der Waals surface area (Å²) in [6.45, 7) is -0.171. The molecule has 14 heteroatoms. The number of halogens is 4. The molecule has 0 aliphatic carbocycles. The number of rotatable bonds is 8. The van der Waals surface area contributed by atoms with E-state index in [1.54, 1.807) is 24.3 Å². The van der Waals surface area contributed by atoms with Crippen molar-refractivity contribution in [3.63, 3.8) is 0 Å². The van der Waals surface area contributed by atoms with Crippen LogP contribution in [0.1, 0.15) is 11.3 Å². The fraction of sp³-hybridized carbons (Fsp3) is 0.174. The normalized spacial score (nSPS) is 11.8. The lowest BCUT2D eigenvalue weighted by atomic mass is 10.2. The third-order valence-electron chi connectivity index (χ3n) is 4.85. The van der Waals surface area contributed by atoms with Gasteiger partial charge >= 0.3 is 0 Å². The Morgan fingerprint density at radius 3 is 2.62 bits per heavy atom. The Balaban J connectivity index is 1.54. The first-order chi connectivity index (χ1) is 17.4. The molecule has 0 saturated heterocycles.